The average Bonchev–Trinajstić information content (AvgIpc) is 2.25. The highest BCUT2D eigenvalue weighted by Crippen LogP contribution is 2.30. The van der Waals surface area contributed by atoms with Crippen molar-refractivity contribution in [2.75, 3.05) is 13.2 Å². The molecule has 2 nitrogen and oxygen atoms in total. The molecule has 1 aromatic rings. The van der Waals surface area contributed by atoms with E-state index in [0.29, 0.717) is 0 Å². The molecule has 1 atom stereocenters. The Labute approximate surface area is 103 Å². The lowest BCUT2D eigenvalue weighted by Crippen LogP contribution is -2.23. The van der Waals surface area contributed by atoms with E-state index in [9.17, 15) is 4.39 Å². The monoisotopic (exact) mass is 239 g/mol. The molecule has 0 radical (unpaired) electrons. The summed E-state index contributed by atoms with van der Waals surface area (Å²) in [5.41, 5.74) is 7.57. The van der Waals surface area contributed by atoms with Crippen molar-refractivity contribution < 1.29 is 9.13 Å². The number of alkyl halides is 1. The maximum atomic E-state index is 13.0. The van der Waals surface area contributed by atoms with Gasteiger partial charge in [-0.1, -0.05) is 32.9 Å². The van der Waals surface area contributed by atoms with Gasteiger partial charge in [0.25, 0.3) is 0 Å². The molecule has 0 bridgehead atoms. The molecular weight excluding hydrogens is 217 g/mol. The summed E-state index contributed by atoms with van der Waals surface area (Å²) in [7, 11) is 0. The first-order valence-electron chi connectivity index (χ1n) is 5.93. The van der Waals surface area contributed by atoms with E-state index in [1.54, 1.807) is 0 Å². The quantitative estimate of drug-likeness (QED) is 0.876. The highest BCUT2D eigenvalue weighted by molar-refractivity contribution is 5.42. The largest absolute Gasteiger partial charge is 0.490 e. The Kier molecular flexibility index (Phi) is 4.52. The summed E-state index contributed by atoms with van der Waals surface area (Å²) >= 11 is 0. The standard InChI is InChI=1S/C14H22FNO/c1-10-12(14(2,3)4)6-5-7-13(10)17-9-11(15)8-16/h5-7,11H,8-9,16H2,1-4H3. The van der Waals surface area contributed by atoms with Crippen LogP contribution in [0.3, 0.4) is 0 Å². The van der Waals surface area contributed by atoms with Gasteiger partial charge in [0.2, 0.25) is 0 Å². The van der Waals surface area contributed by atoms with Crippen molar-refractivity contribution in [3.05, 3.63) is 29.3 Å². The third kappa shape index (κ3) is 3.70. The molecule has 1 rings (SSSR count). The van der Waals surface area contributed by atoms with E-state index in [2.05, 4.69) is 26.8 Å². The predicted octanol–water partition coefficient (Wildman–Crippen LogP) is 2.97. The van der Waals surface area contributed by atoms with Crippen LogP contribution in [0.2, 0.25) is 0 Å². The van der Waals surface area contributed by atoms with Crippen LogP contribution in [0.1, 0.15) is 31.9 Å². The summed E-state index contributed by atoms with van der Waals surface area (Å²) in [5, 5.41) is 0. The van der Waals surface area contributed by atoms with Gasteiger partial charge in [-0.3, -0.25) is 0 Å². The first-order valence-corrected chi connectivity index (χ1v) is 5.93. The molecule has 0 aliphatic rings. The highest BCUT2D eigenvalue weighted by Gasteiger charge is 2.18. The Morgan fingerprint density at radius 3 is 2.53 bits per heavy atom. The molecule has 0 saturated heterocycles. The van der Waals surface area contributed by atoms with Crippen LogP contribution in [0.4, 0.5) is 4.39 Å². The minimum Gasteiger partial charge on any atom is -0.490 e. The molecule has 2 N–H and O–H groups in total. The van der Waals surface area contributed by atoms with E-state index in [1.807, 2.05) is 19.1 Å². The second kappa shape index (κ2) is 5.50. The lowest BCUT2D eigenvalue weighted by atomic mass is 9.84. The Hall–Kier alpha value is -1.09. The van der Waals surface area contributed by atoms with E-state index < -0.39 is 6.17 Å². The fraction of sp³-hybridized carbons (Fsp3) is 0.571. The number of hydrogen-bond acceptors (Lipinski definition) is 2. The van der Waals surface area contributed by atoms with Gasteiger partial charge in [0.1, 0.15) is 18.5 Å². The summed E-state index contributed by atoms with van der Waals surface area (Å²) in [4.78, 5) is 0. The van der Waals surface area contributed by atoms with E-state index in [-0.39, 0.29) is 18.6 Å². The number of hydrogen-bond donors (Lipinski definition) is 1. The normalized spacial score (nSPS) is 13.5. The van der Waals surface area contributed by atoms with Crippen molar-refractivity contribution in [3.8, 4) is 5.75 Å². The van der Waals surface area contributed by atoms with Crippen LogP contribution >= 0.6 is 0 Å². The minimum atomic E-state index is -1.10. The van der Waals surface area contributed by atoms with Gasteiger partial charge >= 0.3 is 0 Å². The molecule has 0 fully saturated rings. The lowest BCUT2D eigenvalue weighted by Gasteiger charge is -2.23. The molecule has 96 valence electrons. The van der Waals surface area contributed by atoms with Crippen molar-refractivity contribution in [1.82, 2.24) is 0 Å². The minimum absolute atomic E-state index is 0.00198. The molecule has 1 unspecified atom stereocenters. The molecule has 17 heavy (non-hydrogen) atoms. The lowest BCUT2D eigenvalue weighted by molar-refractivity contribution is 0.200. The molecule has 1 aromatic carbocycles. The maximum absolute atomic E-state index is 13.0. The van der Waals surface area contributed by atoms with E-state index in [0.717, 1.165) is 11.3 Å². The zero-order valence-electron chi connectivity index (χ0n) is 11.1. The van der Waals surface area contributed by atoms with E-state index >= 15 is 0 Å². The highest BCUT2D eigenvalue weighted by atomic mass is 19.1. The van der Waals surface area contributed by atoms with Gasteiger partial charge in [-0.05, 0) is 29.5 Å². The van der Waals surface area contributed by atoms with Crippen molar-refractivity contribution in [2.45, 2.75) is 39.3 Å². The molecule has 0 aromatic heterocycles. The third-order valence-electron chi connectivity index (χ3n) is 2.77. The zero-order valence-corrected chi connectivity index (χ0v) is 11.1. The number of ether oxygens (including phenoxy) is 1. The fourth-order valence-corrected chi connectivity index (χ4v) is 1.83. The Balaban J connectivity index is 2.88. The fourth-order valence-electron chi connectivity index (χ4n) is 1.83. The molecule has 0 aliphatic carbocycles. The van der Waals surface area contributed by atoms with Gasteiger partial charge in [-0.2, -0.15) is 0 Å². The molecule has 0 spiro atoms. The molecule has 0 amide bonds. The number of nitrogens with two attached hydrogens (primary N) is 1. The first kappa shape index (κ1) is 14.0. The number of benzene rings is 1. The molecule has 0 heterocycles. The van der Waals surface area contributed by atoms with Crippen LogP contribution in [0.15, 0.2) is 18.2 Å². The predicted molar refractivity (Wildman–Crippen MR) is 69.3 cm³/mol. The van der Waals surface area contributed by atoms with E-state index in [4.69, 9.17) is 10.5 Å². The topological polar surface area (TPSA) is 35.2 Å². The summed E-state index contributed by atoms with van der Waals surface area (Å²) in [6.07, 6.45) is -1.10. The smallest absolute Gasteiger partial charge is 0.146 e. The average molecular weight is 239 g/mol. The van der Waals surface area contributed by atoms with Crippen LogP contribution in [0, 0.1) is 6.92 Å². The third-order valence-corrected chi connectivity index (χ3v) is 2.77. The van der Waals surface area contributed by atoms with E-state index in [1.165, 1.54) is 5.56 Å². The van der Waals surface area contributed by atoms with Crippen molar-refractivity contribution >= 4 is 0 Å². The van der Waals surface area contributed by atoms with Crippen LogP contribution in [-0.2, 0) is 5.41 Å². The van der Waals surface area contributed by atoms with Crippen LogP contribution < -0.4 is 10.5 Å². The van der Waals surface area contributed by atoms with Gasteiger partial charge in [-0.25, -0.2) is 4.39 Å². The zero-order chi connectivity index (χ0) is 13.1. The SMILES string of the molecule is Cc1c(OCC(F)CN)cccc1C(C)(C)C. The summed E-state index contributed by atoms with van der Waals surface area (Å²) < 4.78 is 18.5. The van der Waals surface area contributed by atoms with Gasteiger partial charge in [0.05, 0.1) is 0 Å². The Morgan fingerprint density at radius 1 is 1.35 bits per heavy atom. The number of halogens is 1. The summed E-state index contributed by atoms with van der Waals surface area (Å²) in [5.74, 6) is 0.744. The van der Waals surface area contributed by atoms with Gasteiger partial charge in [-0.15, -0.1) is 0 Å². The van der Waals surface area contributed by atoms with Crippen molar-refractivity contribution in [3.63, 3.8) is 0 Å². The molecule has 0 saturated carbocycles. The van der Waals surface area contributed by atoms with Crippen LogP contribution in [-0.4, -0.2) is 19.3 Å². The molecule has 0 aliphatic heterocycles. The Morgan fingerprint density at radius 2 is 2.00 bits per heavy atom. The van der Waals surface area contributed by atoms with Gasteiger partial charge in [0, 0.05) is 6.54 Å². The second-order valence-corrected chi connectivity index (χ2v) is 5.32. The van der Waals surface area contributed by atoms with Crippen LogP contribution in [0.25, 0.3) is 0 Å². The summed E-state index contributed by atoms with van der Waals surface area (Å²) in [6, 6.07) is 5.89. The maximum Gasteiger partial charge on any atom is 0.146 e. The summed E-state index contributed by atoms with van der Waals surface area (Å²) in [6.45, 7) is 8.47. The van der Waals surface area contributed by atoms with Crippen molar-refractivity contribution in [1.29, 1.82) is 0 Å². The van der Waals surface area contributed by atoms with Crippen LogP contribution in [0.5, 0.6) is 5.75 Å². The Bertz CT molecular complexity index is 371. The van der Waals surface area contributed by atoms with Crippen molar-refractivity contribution in [2.24, 2.45) is 5.73 Å². The molecular formula is C14H22FNO. The number of rotatable bonds is 4. The second-order valence-electron chi connectivity index (χ2n) is 5.32. The first-order chi connectivity index (χ1) is 7.86. The van der Waals surface area contributed by atoms with Gasteiger partial charge < -0.3 is 10.5 Å². The molecule has 3 heteroatoms. The van der Waals surface area contributed by atoms with Gasteiger partial charge in [0.15, 0.2) is 0 Å².